The Morgan fingerprint density at radius 1 is 0.333 bits per heavy atom. The first-order valence-electron chi connectivity index (χ1n) is 19.6. The molecule has 0 N–H and O–H groups in total. The van der Waals surface area contributed by atoms with Gasteiger partial charge in [-0.3, -0.25) is 0 Å². The lowest BCUT2D eigenvalue weighted by molar-refractivity contribution is 0.770. The Morgan fingerprint density at radius 2 is 0.825 bits per heavy atom. The summed E-state index contributed by atoms with van der Waals surface area (Å²) in [6.07, 6.45) is 0. The lowest BCUT2D eigenvalue weighted by atomic mass is 9.67. The summed E-state index contributed by atoms with van der Waals surface area (Å²) in [5.41, 5.74) is 15.6. The molecule has 0 spiro atoms. The smallest absolute Gasteiger partial charge is 0.0713 e. The van der Waals surface area contributed by atoms with E-state index in [1.807, 2.05) is 11.3 Å². The van der Waals surface area contributed by atoms with Gasteiger partial charge in [-0.15, -0.1) is 11.3 Å². The molecule has 268 valence electrons. The second-order valence-corrected chi connectivity index (χ2v) is 15.9. The summed E-state index contributed by atoms with van der Waals surface area (Å²) in [5, 5.41) is 2.57. The minimum absolute atomic E-state index is 0.437. The Bertz CT molecular complexity index is 3010. The number of nitrogens with zero attached hydrogens (tertiary/aromatic N) is 1. The Hall–Kier alpha value is -7.00. The zero-order chi connectivity index (χ0) is 37.8. The van der Waals surface area contributed by atoms with Gasteiger partial charge < -0.3 is 4.90 Å². The van der Waals surface area contributed by atoms with Crippen LogP contribution < -0.4 is 4.90 Å². The molecule has 1 aliphatic rings. The van der Waals surface area contributed by atoms with Crippen molar-refractivity contribution in [2.45, 2.75) is 5.41 Å². The molecule has 1 heterocycles. The van der Waals surface area contributed by atoms with Crippen LogP contribution >= 0.6 is 11.3 Å². The fourth-order valence-corrected chi connectivity index (χ4v) is 10.3. The highest BCUT2D eigenvalue weighted by Crippen LogP contribution is 2.56. The Balaban J connectivity index is 1.08. The van der Waals surface area contributed by atoms with Crippen molar-refractivity contribution in [2.75, 3.05) is 4.90 Å². The second kappa shape index (κ2) is 13.6. The average Bonchev–Trinajstić information content (AvgIpc) is 3.81. The molecule has 1 aromatic heterocycles. The standard InChI is InChI=1S/C55H37NS/c1-4-16-38(17-5-1)39-28-32-44(33-29-39)56(43-20-8-3-9-21-43)52-27-15-12-22-45(52)40-30-34-53-48(36-40)49-37-42(31-35-54(49)57-53)55(41-18-6-2-7-19-41)50-25-13-10-23-46(50)47-24-11-14-26-51(47)55/h1-37H. The van der Waals surface area contributed by atoms with Crippen molar-refractivity contribution in [3.8, 4) is 33.4 Å². The number of fused-ring (bicyclic) bond motifs is 6. The first kappa shape index (κ1) is 33.3. The summed E-state index contributed by atoms with van der Waals surface area (Å²) in [6.45, 7) is 0. The maximum absolute atomic E-state index is 2.49. The largest absolute Gasteiger partial charge is 0.310 e. The van der Waals surface area contributed by atoms with Crippen molar-refractivity contribution in [2.24, 2.45) is 0 Å². The van der Waals surface area contributed by atoms with Crippen LogP contribution in [0.4, 0.5) is 17.1 Å². The minimum atomic E-state index is -0.437. The predicted octanol–water partition coefficient (Wildman–Crippen LogP) is 15.2. The van der Waals surface area contributed by atoms with Crippen LogP contribution in [0.15, 0.2) is 224 Å². The van der Waals surface area contributed by atoms with E-state index in [-0.39, 0.29) is 0 Å². The molecule has 0 radical (unpaired) electrons. The number of thiophene rings is 1. The molecule has 10 aromatic rings. The number of hydrogen-bond acceptors (Lipinski definition) is 2. The van der Waals surface area contributed by atoms with E-state index in [1.165, 1.54) is 75.8 Å². The van der Waals surface area contributed by atoms with E-state index < -0.39 is 5.41 Å². The van der Waals surface area contributed by atoms with Gasteiger partial charge in [-0.25, -0.2) is 0 Å². The van der Waals surface area contributed by atoms with Crippen LogP contribution in [0.25, 0.3) is 53.6 Å². The molecule has 0 unspecified atom stereocenters. The van der Waals surface area contributed by atoms with Crippen molar-refractivity contribution in [3.05, 3.63) is 247 Å². The first-order chi connectivity index (χ1) is 28.3. The molecule has 57 heavy (non-hydrogen) atoms. The van der Waals surface area contributed by atoms with Crippen molar-refractivity contribution in [1.29, 1.82) is 0 Å². The van der Waals surface area contributed by atoms with Gasteiger partial charge in [0.05, 0.1) is 11.1 Å². The predicted molar refractivity (Wildman–Crippen MR) is 242 cm³/mol. The fourth-order valence-electron chi connectivity index (χ4n) is 9.24. The minimum Gasteiger partial charge on any atom is -0.310 e. The van der Waals surface area contributed by atoms with Gasteiger partial charge >= 0.3 is 0 Å². The van der Waals surface area contributed by atoms with Crippen molar-refractivity contribution in [1.82, 2.24) is 0 Å². The Morgan fingerprint density at radius 3 is 1.51 bits per heavy atom. The zero-order valence-corrected chi connectivity index (χ0v) is 32.0. The van der Waals surface area contributed by atoms with Crippen LogP contribution in [-0.4, -0.2) is 0 Å². The summed E-state index contributed by atoms with van der Waals surface area (Å²) >= 11 is 1.88. The van der Waals surface area contributed by atoms with Crippen LogP contribution in [0.3, 0.4) is 0 Å². The van der Waals surface area contributed by atoms with E-state index >= 15 is 0 Å². The van der Waals surface area contributed by atoms with E-state index in [4.69, 9.17) is 0 Å². The number of para-hydroxylation sites is 2. The molecule has 1 aliphatic carbocycles. The normalized spacial score (nSPS) is 12.7. The van der Waals surface area contributed by atoms with E-state index in [0.717, 1.165) is 17.1 Å². The summed E-state index contributed by atoms with van der Waals surface area (Å²) in [5.74, 6) is 0. The second-order valence-electron chi connectivity index (χ2n) is 14.8. The molecular formula is C55H37NS. The van der Waals surface area contributed by atoms with Crippen molar-refractivity contribution >= 4 is 48.6 Å². The fraction of sp³-hybridized carbons (Fsp3) is 0.0182. The van der Waals surface area contributed by atoms with E-state index in [1.54, 1.807) is 0 Å². The van der Waals surface area contributed by atoms with Gasteiger partial charge in [0.15, 0.2) is 0 Å². The van der Waals surface area contributed by atoms with Gasteiger partial charge in [0, 0.05) is 37.1 Å². The summed E-state index contributed by atoms with van der Waals surface area (Å²) in [4.78, 5) is 2.39. The van der Waals surface area contributed by atoms with Crippen LogP contribution in [0.5, 0.6) is 0 Å². The first-order valence-corrected chi connectivity index (χ1v) is 20.4. The van der Waals surface area contributed by atoms with Gasteiger partial charge in [0.2, 0.25) is 0 Å². The van der Waals surface area contributed by atoms with E-state index in [0.29, 0.717) is 0 Å². The van der Waals surface area contributed by atoms with Crippen LogP contribution in [0.1, 0.15) is 22.3 Å². The summed E-state index contributed by atoms with van der Waals surface area (Å²) < 4.78 is 2.59. The van der Waals surface area contributed by atoms with E-state index in [2.05, 4.69) is 229 Å². The van der Waals surface area contributed by atoms with Crippen LogP contribution in [-0.2, 0) is 5.41 Å². The monoisotopic (exact) mass is 743 g/mol. The molecule has 9 aromatic carbocycles. The molecule has 0 atom stereocenters. The van der Waals surface area contributed by atoms with Crippen molar-refractivity contribution in [3.63, 3.8) is 0 Å². The molecule has 1 nitrogen and oxygen atoms in total. The van der Waals surface area contributed by atoms with Gasteiger partial charge in [-0.1, -0.05) is 170 Å². The van der Waals surface area contributed by atoms with Crippen LogP contribution in [0.2, 0.25) is 0 Å². The molecule has 0 amide bonds. The van der Waals surface area contributed by atoms with E-state index in [9.17, 15) is 0 Å². The molecule has 0 bridgehead atoms. The molecule has 11 rings (SSSR count). The van der Waals surface area contributed by atoms with Crippen molar-refractivity contribution < 1.29 is 0 Å². The maximum Gasteiger partial charge on any atom is 0.0713 e. The quantitative estimate of drug-likeness (QED) is 0.157. The highest BCUT2D eigenvalue weighted by Gasteiger charge is 2.46. The molecule has 0 saturated heterocycles. The molecule has 0 saturated carbocycles. The third-order valence-electron chi connectivity index (χ3n) is 11.8. The summed E-state index contributed by atoms with van der Waals surface area (Å²) in [7, 11) is 0. The molecule has 0 aliphatic heterocycles. The Labute approximate surface area is 337 Å². The third kappa shape index (κ3) is 5.37. The SMILES string of the molecule is c1ccc(-c2ccc(N(c3ccccc3)c3ccccc3-c3ccc4sc5ccc(C6(c7ccccc7)c7ccccc7-c7ccccc76)cc5c4c3)cc2)cc1. The molecule has 0 fully saturated rings. The lowest BCUT2D eigenvalue weighted by Crippen LogP contribution is -2.28. The highest BCUT2D eigenvalue weighted by atomic mass is 32.1. The lowest BCUT2D eigenvalue weighted by Gasteiger charge is -2.34. The highest BCUT2D eigenvalue weighted by molar-refractivity contribution is 7.25. The number of benzene rings is 9. The average molecular weight is 744 g/mol. The summed E-state index contributed by atoms with van der Waals surface area (Å²) in [6, 6.07) is 82.4. The third-order valence-corrected chi connectivity index (χ3v) is 12.9. The molecule has 2 heteroatoms. The number of anilines is 3. The zero-order valence-electron chi connectivity index (χ0n) is 31.2. The maximum atomic E-state index is 2.49. The van der Waals surface area contributed by atoms with Crippen LogP contribution in [0, 0.1) is 0 Å². The van der Waals surface area contributed by atoms with Gasteiger partial charge in [0.25, 0.3) is 0 Å². The number of hydrogen-bond donors (Lipinski definition) is 0. The Kier molecular flexibility index (Phi) is 7.98. The van der Waals surface area contributed by atoms with Gasteiger partial charge in [0.1, 0.15) is 0 Å². The number of rotatable bonds is 7. The topological polar surface area (TPSA) is 3.24 Å². The van der Waals surface area contributed by atoms with Gasteiger partial charge in [-0.2, -0.15) is 0 Å². The molecular weight excluding hydrogens is 707 g/mol. The van der Waals surface area contributed by atoms with Gasteiger partial charge in [-0.05, 0) is 105 Å².